The summed E-state index contributed by atoms with van der Waals surface area (Å²) in [6.07, 6.45) is 0. The van der Waals surface area contributed by atoms with Crippen molar-refractivity contribution in [2.24, 2.45) is 5.92 Å². The van der Waals surface area contributed by atoms with E-state index in [2.05, 4.69) is 19.2 Å². The smallest absolute Gasteiger partial charge is 0.248 e. The van der Waals surface area contributed by atoms with Crippen LogP contribution in [-0.4, -0.2) is 23.1 Å². The Hall–Kier alpha value is -2.95. The Balaban J connectivity index is 1.88. The van der Waals surface area contributed by atoms with Crippen LogP contribution in [-0.2, 0) is 14.4 Å². The fourth-order valence-corrected chi connectivity index (χ4v) is 3.55. The number of benzene rings is 2. The van der Waals surface area contributed by atoms with Crippen molar-refractivity contribution in [2.75, 3.05) is 10.2 Å². The van der Waals surface area contributed by atoms with Crippen molar-refractivity contribution in [1.82, 2.24) is 0 Å². The van der Waals surface area contributed by atoms with Gasteiger partial charge in [-0.25, -0.2) is 0 Å². The van der Waals surface area contributed by atoms with Crippen LogP contribution in [0.1, 0.15) is 44.7 Å². The van der Waals surface area contributed by atoms with Gasteiger partial charge >= 0.3 is 0 Å². The van der Waals surface area contributed by atoms with E-state index in [1.54, 1.807) is 32.0 Å². The number of hydrogen-bond donors (Lipinski definition) is 1. The molecule has 2 aromatic rings. The second-order valence-corrected chi connectivity index (χ2v) is 8.13. The van der Waals surface area contributed by atoms with E-state index in [0.717, 1.165) is 11.1 Å². The van der Waals surface area contributed by atoms with Gasteiger partial charge in [0, 0.05) is 11.4 Å². The van der Waals surface area contributed by atoms with Gasteiger partial charge in [0.05, 0.1) is 0 Å². The van der Waals surface area contributed by atoms with Crippen molar-refractivity contribution in [1.29, 1.82) is 0 Å². The number of hydrogen-bond acceptors (Lipinski definition) is 3. The average molecular weight is 378 g/mol. The molecule has 0 aliphatic carbocycles. The quantitative estimate of drug-likeness (QED) is 0.816. The number of amides is 2. The molecule has 0 bridgehead atoms. The molecule has 1 atom stereocenters. The molecule has 3 rings (SSSR count). The van der Waals surface area contributed by atoms with Gasteiger partial charge in [-0.05, 0) is 56.5 Å². The third-order valence-electron chi connectivity index (χ3n) is 5.27. The number of aryl methyl sites for hydroxylation is 1. The van der Waals surface area contributed by atoms with E-state index in [1.807, 2.05) is 37.3 Å². The highest BCUT2D eigenvalue weighted by atomic mass is 16.2. The molecule has 2 aromatic carbocycles. The molecule has 5 heteroatoms. The minimum absolute atomic E-state index is 0.308. The van der Waals surface area contributed by atoms with Crippen LogP contribution in [0.3, 0.4) is 0 Å². The number of carbonyl (C=O) groups excluding carboxylic acids is 3. The molecular weight excluding hydrogens is 352 g/mol. The number of ketones is 1. The first-order valence-corrected chi connectivity index (χ1v) is 9.49. The Morgan fingerprint density at radius 1 is 1.07 bits per heavy atom. The van der Waals surface area contributed by atoms with Crippen LogP contribution >= 0.6 is 0 Å². The summed E-state index contributed by atoms with van der Waals surface area (Å²) in [4.78, 5) is 40.3. The predicted molar refractivity (Wildman–Crippen MR) is 110 cm³/mol. The summed E-state index contributed by atoms with van der Waals surface area (Å²) in [7, 11) is 0. The normalized spacial score (nSPS) is 18.6. The van der Waals surface area contributed by atoms with Gasteiger partial charge in [0.25, 0.3) is 0 Å². The van der Waals surface area contributed by atoms with Crippen molar-refractivity contribution in [3.63, 3.8) is 0 Å². The van der Waals surface area contributed by atoms with Crippen molar-refractivity contribution in [3.8, 4) is 0 Å². The molecule has 1 saturated heterocycles. The van der Waals surface area contributed by atoms with E-state index in [4.69, 9.17) is 0 Å². The van der Waals surface area contributed by atoms with Crippen molar-refractivity contribution >= 4 is 29.0 Å². The molecule has 0 radical (unpaired) electrons. The zero-order valence-electron chi connectivity index (χ0n) is 16.9. The number of carbonyl (C=O) groups is 3. The first-order valence-electron chi connectivity index (χ1n) is 9.49. The van der Waals surface area contributed by atoms with E-state index in [0.29, 0.717) is 17.3 Å². The minimum atomic E-state index is -1.35. The lowest BCUT2D eigenvalue weighted by Gasteiger charge is -2.29. The SMILES string of the molecule is Cc1ccc(N2C(=O)C(C(=O)Nc3cccc(C(C)C)c3)C(=O)C2(C)C)cc1. The highest BCUT2D eigenvalue weighted by Crippen LogP contribution is 2.36. The van der Waals surface area contributed by atoms with E-state index in [1.165, 1.54) is 4.90 Å². The van der Waals surface area contributed by atoms with Gasteiger partial charge in [0.2, 0.25) is 11.8 Å². The van der Waals surface area contributed by atoms with E-state index in [-0.39, 0.29) is 0 Å². The van der Waals surface area contributed by atoms with Crippen LogP contribution in [0.5, 0.6) is 0 Å². The molecule has 146 valence electrons. The number of nitrogens with zero attached hydrogens (tertiary/aromatic N) is 1. The summed E-state index contributed by atoms with van der Waals surface area (Å²) >= 11 is 0. The first kappa shape index (κ1) is 19.8. The minimum Gasteiger partial charge on any atom is -0.325 e. The highest BCUT2D eigenvalue weighted by molar-refractivity contribution is 6.33. The average Bonchev–Trinajstić information content (AvgIpc) is 2.81. The molecule has 1 aliphatic rings. The van der Waals surface area contributed by atoms with Crippen LogP contribution in [0.25, 0.3) is 0 Å². The monoisotopic (exact) mass is 378 g/mol. The summed E-state index contributed by atoms with van der Waals surface area (Å²) < 4.78 is 0. The summed E-state index contributed by atoms with van der Waals surface area (Å²) in [5.74, 6) is -2.51. The lowest BCUT2D eigenvalue weighted by Crippen LogP contribution is -2.44. The summed E-state index contributed by atoms with van der Waals surface area (Å²) in [6, 6.07) is 14.8. The maximum Gasteiger partial charge on any atom is 0.248 e. The predicted octanol–water partition coefficient (Wildman–Crippen LogP) is 4.07. The van der Waals surface area contributed by atoms with Gasteiger partial charge in [-0.2, -0.15) is 0 Å². The van der Waals surface area contributed by atoms with Gasteiger partial charge in [-0.1, -0.05) is 43.7 Å². The van der Waals surface area contributed by atoms with Crippen molar-refractivity contribution in [2.45, 2.75) is 46.1 Å². The Kier molecular flexibility index (Phi) is 5.11. The zero-order valence-corrected chi connectivity index (χ0v) is 16.9. The lowest BCUT2D eigenvalue weighted by atomic mass is 9.93. The van der Waals surface area contributed by atoms with Gasteiger partial charge in [0.15, 0.2) is 11.7 Å². The number of Topliss-reactive ketones (excluding diaryl/α,β-unsaturated/α-hetero) is 1. The van der Waals surface area contributed by atoms with Crippen LogP contribution in [0.4, 0.5) is 11.4 Å². The van der Waals surface area contributed by atoms with Gasteiger partial charge in [0.1, 0.15) is 5.54 Å². The van der Waals surface area contributed by atoms with Gasteiger partial charge in [-0.3, -0.25) is 19.3 Å². The zero-order chi connectivity index (χ0) is 20.6. The highest BCUT2D eigenvalue weighted by Gasteiger charge is 2.56. The molecule has 1 aliphatic heterocycles. The van der Waals surface area contributed by atoms with Crippen LogP contribution in [0.15, 0.2) is 48.5 Å². The third-order valence-corrected chi connectivity index (χ3v) is 5.27. The summed E-state index contributed by atoms with van der Waals surface area (Å²) in [6.45, 7) is 9.44. The van der Waals surface area contributed by atoms with Crippen molar-refractivity contribution in [3.05, 3.63) is 59.7 Å². The summed E-state index contributed by atoms with van der Waals surface area (Å²) in [5, 5.41) is 2.75. The number of anilines is 2. The molecule has 0 saturated carbocycles. The lowest BCUT2D eigenvalue weighted by molar-refractivity contribution is -0.135. The Labute approximate surface area is 165 Å². The molecule has 1 unspecified atom stereocenters. The van der Waals surface area contributed by atoms with E-state index < -0.39 is 29.1 Å². The molecular formula is C23H26N2O3. The van der Waals surface area contributed by atoms with Crippen LogP contribution < -0.4 is 10.2 Å². The number of nitrogens with one attached hydrogen (secondary N) is 1. The fourth-order valence-electron chi connectivity index (χ4n) is 3.55. The van der Waals surface area contributed by atoms with Crippen LogP contribution in [0, 0.1) is 12.8 Å². The standard InChI is InChI=1S/C23H26N2O3/c1-14(2)16-7-6-8-17(13-16)24-21(27)19-20(26)23(4,5)25(22(19)28)18-11-9-15(3)10-12-18/h6-14,19H,1-5H3,(H,24,27). The van der Waals surface area contributed by atoms with E-state index in [9.17, 15) is 14.4 Å². The molecule has 0 aromatic heterocycles. The Morgan fingerprint density at radius 2 is 1.71 bits per heavy atom. The summed E-state index contributed by atoms with van der Waals surface area (Å²) in [5.41, 5.74) is 2.24. The first-order chi connectivity index (χ1) is 13.1. The number of rotatable bonds is 4. The topological polar surface area (TPSA) is 66.5 Å². The van der Waals surface area contributed by atoms with E-state index >= 15 is 0 Å². The van der Waals surface area contributed by atoms with Crippen LogP contribution in [0.2, 0.25) is 0 Å². The second kappa shape index (κ2) is 7.23. The molecule has 0 spiro atoms. The van der Waals surface area contributed by atoms with Crippen molar-refractivity contribution < 1.29 is 14.4 Å². The molecule has 1 fully saturated rings. The molecule has 2 amide bonds. The molecule has 28 heavy (non-hydrogen) atoms. The van der Waals surface area contributed by atoms with Gasteiger partial charge < -0.3 is 5.32 Å². The van der Waals surface area contributed by atoms with Gasteiger partial charge in [-0.15, -0.1) is 0 Å². The third kappa shape index (κ3) is 3.44. The molecule has 1 heterocycles. The Bertz CT molecular complexity index is 929. The maximum atomic E-state index is 13.1. The largest absolute Gasteiger partial charge is 0.325 e. The Morgan fingerprint density at radius 3 is 2.32 bits per heavy atom. The fraction of sp³-hybridized carbons (Fsp3) is 0.348. The second-order valence-electron chi connectivity index (χ2n) is 8.13. The molecule has 1 N–H and O–H groups in total. The maximum absolute atomic E-state index is 13.1. The molecule has 5 nitrogen and oxygen atoms in total.